The molecule has 0 bridgehead atoms. The third-order valence-electron chi connectivity index (χ3n) is 6.15. The van der Waals surface area contributed by atoms with E-state index in [1.54, 1.807) is 42.5 Å². The number of ether oxygens (including phenoxy) is 3. The van der Waals surface area contributed by atoms with Crippen molar-refractivity contribution in [2.45, 2.75) is 6.04 Å². The van der Waals surface area contributed by atoms with Crippen LogP contribution in [-0.2, 0) is 14.3 Å². The highest BCUT2D eigenvalue weighted by Crippen LogP contribution is 2.45. The van der Waals surface area contributed by atoms with E-state index in [1.807, 2.05) is 0 Å². The average Bonchev–Trinajstić information content (AvgIpc) is 3.12. The van der Waals surface area contributed by atoms with Gasteiger partial charge in [0.05, 0.1) is 39.0 Å². The van der Waals surface area contributed by atoms with Gasteiger partial charge in [-0.05, 0) is 30.3 Å². The fourth-order valence-electron chi connectivity index (χ4n) is 4.40. The minimum Gasteiger partial charge on any atom is -0.507 e. The van der Waals surface area contributed by atoms with Crippen molar-refractivity contribution >= 4 is 29.1 Å². The van der Waals surface area contributed by atoms with Gasteiger partial charge in [-0.2, -0.15) is 0 Å². The lowest BCUT2D eigenvalue weighted by molar-refractivity contribution is -0.140. The first-order valence-corrected chi connectivity index (χ1v) is 11.4. The first kappa shape index (κ1) is 24.1. The monoisotopic (exact) mass is 486 g/mol. The Morgan fingerprint density at radius 3 is 2.41 bits per heavy atom. The standard InChI is InChI=1S/C25H27ClN2O6/c1-32-19-5-3-4-18(24(19)33-2)21-20(22(29)16-6-8-17(26)9-7-16)23(30)25(31)28(21)11-10-27-12-14-34-15-13-27/h3-9,21,29H,10-15H2,1-2H3/b22-20+. The van der Waals surface area contributed by atoms with Crippen LogP contribution in [0.1, 0.15) is 17.2 Å². The topological polar surface area (TPSA) is 88.5 Å². The number of hydrogen-bond donors (Lipinski definition) is 1. The fraction of sp³-hybridized carbons (Fsp3) is 0.360. The number of ketones is 1. The van der Waals surface area contributed by atoms with Crippen LogP contribution in [0, 0.1) is 0 Å². The van der Waals surface area contributed by atoms with Gasteiger partial charge >= 0.3 is 0 Å². The van der Waals surface area contributed by atoms with Gasteiger partial charge in [0.1, 0.15) is 5.76 Å². The number of Topliss-reactive ketones (excluding diaryl/α,β-unsaturated/α-hetero) is 1. The van der Waals surface area contributed by atoms with Crippen LogP contribution >= 0.6 is 11.6 Å². The number of nitrogens with zero attached hydrogens (tertiary/aromatic N) is 2. The summed E-state index contributed by atoms with van der Waals surface area (Å²) in [5, 5.41) is 11.7. The van der Waals surface area contributed by atoms with E-state index in [2.05, 4.69) is 4.90 Å². The maximum absolute atomic E-state index is 13.2. The summed E-state index contributed by atoms with van der Waals surface area (Å²) in [6, 6.07) is 10.9. The largest absolute Gasteiger partial charge is 0.507 e. The van der Waals surface area contributed by atoms with Crippen molar-refractivity contribution in [1.29, 1.82) is 0 Å². The van der Waals surface area contributed by atoms with Crippen LogP contribution < -0.4 is 9.47 Å². The van der Waals surface area contributed by atoms with Crippen LogP contribution in [0.15, 0.2) is 48.0 Å². The summed E-state index contributed by atoms with van der Waals surface area (Å²) in [6.45, 7) is 3.63. The molecule has 8 nitrogen and oxygen atoms in total. The van der Waals surface area contributed by atoms with Gasteiger partial charge in [-0.1, -0.05) is 23.7 Å². The van der Waals surface area contributed by atoms with E-state index in [4.69, 9.17) is 25.8 Å². The van der Waals surface area contributed by atoms with Crippen LogP contribution in [0.2, 0.25) is 5.02 Å². The highest BCUT2D eigenvalue weighted by Gasteiger charge is 2.47. The minimum atomic E-state index is -0.846. The quantitative estimate of drug-likeness (QED) is 0.365. The molecule has 2 aliphatic rings. The van der Waals surface area contributed by atoms with E-state index in [0.717, 1.165) is 13.1 Å². The first-order valence-electron chi connectivity index (χ1n) is 11.0. The highest BCUT2D eigenvalue weighted by atomic mass is 35.5. The second-order valence-corrected chi connectivity index (χ2v) is 8.47. The van der Waals surface area contributed by atoms with Crippen LogP contribution in [0.3, 0.4) is 0 Å². The predicted molar refractivity (Wildman–Crippen MR) is 127 cm³/mol. The summed E-state index contributed by atoms with van der Waals surface area (Å²) in [6.07, 6.45) is 0. The SMILES string of the molecule is COc1cccc(C2/C(=C(\O)c3ccc(Cl)cc3)C(=O)C(=O)N2CCN2CCOCC2)c1OC. The van der Waals surface area contributed by atoms with E-state index in [0.29, 0.717) is 54.0 Å². The summed E-state index contributed by atoms with van der Waals surface area (Å²) < 4.78 is 16.5. The number of likely N-dealkylation sites (tertiary alicyclic amines) is 1. The molecule has 1 amide bonds. The minimum absolute atomic E-state index is 0.000790. The molecule has 0 saturated carbocycles. The zero-order valence-corrected chi connectivity index (χ0v) is 19.9. The number of halogens is 1. The number of para-hydroxylation sites is 1. The van der Waals surface area contributed by atoms with Gasteiger partial charge in [0.15, 0.2) is 11.5 Å². The zero-order chi connectivity index (χ0) is 24.2. The smallest absolute Gasteiger partial charge is 0.295 e. The maximum atomic E-state index is 13.2. The molecule has 2 heterocycles. The predicted octanol–water partition coefficient (Wildman–Crippen LogP) is 3.11. The number of hydrogen-bond acceptors (Lipinski definition) is 7. The van der Waals surface area contributed by atoms with Crippen LogP contribution in [0.25, 0.3) is 5.76 Å². The molecule has 2 saturated heterocycles. The fourth-order valence-corrected chi connectivity index (χ4v) is 4.52. The molecular weight excluding hydrogens is 460 g/mol. The Morgan fingerprint density at radius 2 is 1.76 bits per heavy atom. The molecule has 2 fully saturated rings. The van der Waals surface area contributed by atoms with Crippen molar-refractivity contribution in [3.63, 3.8) is 0 Å². The molecule has 2 aromatic rings. The van der Waals surface area contributed by atoms with Crippen molar-refractivity contribution in [2.24, 2.45) is 0 Å². The lowest BCUT2D eigenvalue weighted by Gasteiger charge is -2.31. The molecule has 2 aliphatic heterocycles. The highest BCUT2D eigenvalue weighted by molar-refractivity contribution is 6.46. The summed E-state index contributed by atoms with van der Waals surface area (Å²) in [5.41, 5.74) is 0.946. The van der Waals surface area contributed by atoms with Crippen LogP contribution in [-0.4, -0.2) is 80.2 Å². The third kappa shape index (κ3) is 4.61. The second-order valence-electron chi connectivity index (χ2n) is 8.04. The number of morpholine rings is 1. The number of amides is 1. The maximum Gasteiger partial charge on any atom is 0.295 e. The molecule has 180 valence electrons. The Kier molecular flexibility index (Phi) is 7.41. The van der Waals surface area contributed by atoms with Gasteiger partial charge in [-0.25, -0.2) is 0 Å². The molecule has 2 aromatic carbocycles. The van der Waals surface area contributed by atoms with Gasteiger partial charge in [0, 0.05) is 42.3 Å². The third-order valence-corrected chi connectivity index (χ3v) is 6.40. The zero-order valence-electron chi connectivity index (χ0n) is 19.1. The number of methoxy groups -OCH3 is 2. The van der Waals surface area contributed by atoms with Gasteiger partial charge in [0.25, 0.3) is 11.7 Å². The van der Waals surface area contributed by atoms with Crippen molar-refractivity contribution in [2.75, 3.05) is 53.6 Å². The number of benzene rings is 2. The number of aliphatic hydroxyl groups excluding tert-OH is 1. The van der Waals surface area contributed by atoms with Gasteiger partial charge in [0.2, 0.25) is 0 Å². The van der Waals surface area contributed by atoms with E-state index >= 15 is 0 Å². The molecule has 0 aliphatic carbocycles. The summed E-state index contributed by atoms with van der Waals surface area (Å²) >= 11 is 5.99. The lowest BCUT2D eigenvalue weighted by atomic mass is 9.94. The number of rotatable bonds is 7. The van der Waals surface area contributed by atoms with Gasteiger partial charge < -0.3 is 24.2 Å². The molecule has 0 radical (unpaired) electrons. The second kappa shape index (κ2) is 10.5. The molecule has 1 atom stereocenters. The van der Waals surface area contributed by atoms with Crippen molar-refractivity contribution in [3.05, 3.63) is 64.2 Å². The Morgan fingerprint density at radius 1 is 1.06 bits per heavy atom. The van der Waals surface area contributed by atoms with Crippen molar-refractivity contribution in [3.8, 4) is 11.5 Å². The first-order chi connectivity index (χ1) is 16.5. The molecule has 4 rings (SSSR count). The Balaban J connectivity index is 1.81. The summed E-state index contributed by atoms with van der Waals surface area (Å²) in [7, 11) is 3.02. The van der Waals surface area contributed by atoms with E-state index in [-0.39, 0.29) is 11.3 Å². The van der Waals surface area contributed by atoms with Crippen LogP contribution in [0.5, 0.6) is 11.5 Å². The molecule has 0 spiro atoms. The molecule has 0 aromatic heterocycles. The molecular formula is C25H27ClN2O6. The van der Waals surface area contributed by atoms with Crippen molar-refractivity contribution in [1.82, 2.24) is 9.80 Å². The number of carbonyl (C=O) groups excluding carboxylic acids is 2. The summed E-state index contributed by atoms with van der Waals surface area (Å²) in [5.74, 6) is -0.817. The van der Waals surface area contributed by atoms with E-state index in [1.165, 1.54) is 19.1 Å². The Bertz CT molecular complexity index is 1100. The molecule has 1 N–H and O–H groups in total. The van der Waals surface area contributed by atoms with Gasteiger partial charge in [-0.3, -0.25) is 14.5 Å². The summed E-state index contributed by atoms with van der Waals surface area (Å²) in [4.78, 5) is 30.1. The average molecular weight is 487 g/mol. The Hall–Kier alpha value is -3.07. The molecule has 34 heavy (non-hydrogen) atoms. The number of aliphatic hydroxyl groups is 1. The lowest BCUT2D eigenvalue weighted by Crippen LogP contribution is -2.42. The van der Waals surface area contributed by atoms with E-state index < -0.39 is 17.7 Å². The van der Waals surface area contributed by atoms with Gasteiger partial charge in [-0.15, -0.1) is 0 Å². The van der Waals surface area contributed by atoms with Crippen molar-refractivity contribution < 1.29 is 28.9 Å². The molecule has 1 unspecified atom stereocenters. The Labute approximate surface area is 203 Å². The normalized spacial score (nSPS) is 20.6. The van der Waals surface area contributed by atoms with Crippen LogP contribution in [0.4, 0.5) is 0 Å². The van der Waals surface area contributed by atoms with E-state index in [9.17, 15) is 14.7 Å². The molecule has 9 heteroatoms. The number of carbonyl (C=O) groups is 2.